The molecule has 11 aromatic rings. The number of nitrogens with zero attached hydrogens (tertiary/aromatic N) is 2. The average molecular weight is 817 g/mol. The van der Waals surface area contributed by atoms with Crippen molar-refractivity contribution >= 4 is 55.7 Å². The number of hydrogen-bond acceptors (Lipinski definition) is 2. The molecular formula is C62H44N2. The Kier molecular flexibility index (Phi) is 10.3. The smallest absolute Gasteiger partial charge is 0.0468 e. The maximum atomic E-state index is 2.37. The molecular weight excluding hydrogens is 773 g/mol. The normalized spacial score (nSPS) is 11.1. The molecule has 302 valence electrons. The van der Waals surface area contributed by atoms with Crippen LogP contribution in [0.15, 0.2) is 267 Å². The number of rotatable bonds is 10. The standard InChI is InChI=1S/C62H44N2/c1-3-15-45(16-4-1)53-23-11-27-57(39-53)63(61-37-35-47-19-7-9-21-51(47)43-61)59-29-13-25-55(41-59)49-31-33-50(34-32-49)56-26-14-30-60(42-56)64(62-38-36-48-20-8-10-22-52(48)44-62)58-28-12-24-54(40-58)46-17-5-2-6-18-46/h1-44H. The summed E-state index contributed by atoms with van der Waals surface area (Å²) in [5.41, 5.74) is 16.0. The first-order valence-electron chi connectivity index (χ1n) is 21.9. The monoisotopic (exact) mass is 816 g/mol. The Bertz CT molecular complexity index is 3160. The van der Waals surface area contributed by atoms with Crippen LogP contribution >= 0.6 is 0 Å². The summed E-state index contributed by atoms with van der Waals surface area (Å²) in [6.45, 7) is 0. The lowest BCUT2D eigenvalue weighted by molar-refractivity contribution is 1.29. The molecule has 0 fully saturated rings. The molecule has 0 aliphatic heterocycles. The van der Waals surface area contributed by atoms with Gasteiger partial charge in [-0.2, -0.15) is 0 Å². The zero-order valence-corrected chi connectivity index (χ0v) is 35.3. The van der Waals surface area contributed by atoms with E-state index in [9.17, 15) is 0 Å². The molecule has 0 heterocycles. The molecule has 0 unspecified atom stereocenters. The number of fused-ring (bicyclic) bond motifs is 2. The van der Waals surface area contributed by atoms with Crippen molar-refractivity contribution < 1.29 is 0 Å². The van der Waals surface area contributed by atoms with Crippen LogP contribution in [0, 0.1) is 0 Å². The van der Waals surface area contributed by atoms with E-state index in [2.05, 4.69) is 277 Å². The van der Waals surface area contributed by atoms with Crippen molar-refractivity contribution in [3.05, 3.63) is 267 Å². The lowest BCUT2D eigenvalue weighted by Gasteiger charge is -2.27. The molecule has 0 aliphatic rings. The van der Waals surface area contributed by atoms with Gasteiger partial charge in [0, 0.05) is 34.1 Å². The third-order valence-electron chi connectivity index (χ3n) is 12.2. The van der Waals surface area contributed by atoms with Crippen LogP contribution in [0.2, 0.25) is 0 Å². The summed E-state index contributed by atoms with van der Waals surface area (Å²) in [7, 11) is 0. The van der Waals surface area contributed by atoms with Crippen LogP contribution < -0.4 is 9.80 Å². The van der Waals surface area contributed by atoms with E-state index in [4.69, 9.17) is 0 Å². The molecule has 0 amide bonds. The highest BCUT2D eigenvalue weighted by Gasteiger charge is 2.17. The Balaban J connectivity index is 0.947. The molecule has 0 saturated carbocycles. The minimum atomic E-state index is 1.10. The van der Waals surface area contributed by atoms with Crippen molar-refractivity contribution in [3.8, 4) is 44.5 Å². The fraction of sp³-hybridized carbons (Fsp3) is 0. The second-order valence-electron chi connectivity index (χ2n) is 16.2. The molecule has 64 heavy (non-hydrogen) atoms. The lowest BCUT2D eigenvalue weighted by atomic mass is 9.98. The van der Waals surface area contributed by atoms with Crippen LogP contribution in [0.25, 0.3) is 66.1 Å². The van der Waals surface area contributed by atoms with Gasteiger partial charge in [0.15, 0.2) is 0 Å². The van der Waals surface area contributed by atoms with Gasteiger partial charge in [0.25, 0.3) is 0 Å². The first-order valence-corrected chi connectivity index (χ1v) is 21.9. The predicted molar refractivity (Wildman–Crippen MR) is 273 cm³/mol. The Morgan fingerprint density at radius 3 is 0.766 bits per heavy atom. The van der Waals surface area contributed by atoms with Gasteiger partial charge < -0.3 is 9.80 Å². The van der Waals surface area contributed by atoms with Crippen molar-refractivity contribution in [1.82, 2.24) is 0 Å². The van der Waals surface area contributed by atoms with Crippen LogP contribution in [0.4, 0.5) is 34.1 Å². The van der Waals surface area contributed by atoms with Crippen molar-refractivity contribution in [2.45, 2.75) is 0 Å². The summed E-state index contributed by atoms with van der Waals surface area (Å²) in [4.78, 5) is 4.75. The molecule has 2 nitrogen and oxygen atoms in total. The van der Waals surface area contributed by atoms with Gasteiger partial charge >= 0.3 is 0 Å². The molecule has 0 atom stereocenters. The third kappa shape index (κ3) is 7.81. The summed E-state index contributed by atoms with van der Waals surface area (Å²) in [5.74, 6) is 0. The maximum absolute atomic E-state index is 2.37. The van der Waals surface area contributed by atoms with Crippen LogP contribution in [0.3, 0.4) is 0 Å². The maximum Gasteiger partial charge on any atom is 0.0468 e. The van der Waals surface area contributed by atoms with Gasteiger partial charge in [-0.05, 0) is 139 Å². The van der Waals surface area contributed by atoms with Crippen molar-refractivity contribution in [2.24, 2.45) is 0 Å². The van der Waals surface area contributed by atoms with Crippen LogP contribution in [-0.2, 0) is 0 Å². The second kappa shape index (κ2) is 17.1. The van der Waals surface area contributed by atoms with E-state index >= 15 is 0 Å². The molecule has 11 rings (SSSR count). The zero-order valence-electron chi connectivity index (χ0n) is 35.3. The number of benzene rings is 11. The summed E-state index contributed by atoms with van der Waals surface area (Å²) >= 11 is 0. The minimum absolute atomic E-state index is 1.10. The van der Waals surface area contributed by atoms with Crippen LogP contribution in [-0.4, -0.2) is 0 Å². The predicted octanol–water partition coefficient (Wildman–Crippen LogP) is 17.6. The van der Waals surface area contributed by atoms with Crippen LogP contribution in [0.5, 0.6) is 0 Å². The van der Waals surface area contributed by atoms with E-state index in [1.807, 2.05) is 0 Å². The Morgan fingerprint density at radius 2 is 0.422 bits per heavy atom. The van der Waals surface area contributed by atoms with Crippen molar-refractivity contribution in [1.29, 1.82) is 0 Å². The molecule has 2 heteroatoms. The molecule has 0 spiro atoms. The molecule has 0 saturated heterocycles. The molecule has 0 radical (unpaired) electrons. The van der Waals surface area contributed by atoms with Gasteiger partial charge in [0.05, 0.1) is 0 Å². The largest absolute Gasteiger partial charge is 0.310 e. The van der Waals surface area contributed by atoms with Gasteiger partial charge in [0.2, 0.25) is 0 Å². The number of anilines is 6. The van der Waals surface area contributed by atoms with E-state index < -0.39 is 0 Å². The van der Waals surface area contributed by atoms with E-state index in [1.165, 1.54) is 43.8 Å². The zero-order chi connectivity index (χ0) is 42.7. The van der Waals surface area contributed by atoms with Gasteiger partial charge in [-0.25, -0.2) is 0 Å². The third-order valence-corrected chi connectivity index (χ3v) is 12.2. The van der Waals surface area contributed by atoms with E-state index in [-0.39, 0.29) is 0 Å². The number of hydrogen-bond donors (Lipinski definition) is 0. The minimum Gasteiger partial charge on any atom is -0.310 e. The van der Waals surface area contributed by atoms with Gasteiger partial charge in [-0.3, -0.25) is 0 Å². The second-order valence-corrected chi connectivity index (χ2v) is 16.2. The highest BCUT2D eigenvalue weighted by molar-refractivity contribution is 5.92. The van der Waals surface area contributed by atoms with Crippen molar-refractivity contribution in [3.63, 3.8) is 0 Å². The van der Waals surface area contributed by atoms with Crippen molar-refractivity contribution in [2.75, 3.05) is 9.80 Å². The summed E-state index contributed by atoms with van der Waals surface area (Å²) in [6, 6.07) is 96.4. The van der Waals surface area contributed by atoms with Gasteiger partial charge in [-0.1, -0.05) is 194 Å². The highest BCUT2D eigenvalue weighted by atomic mass is 15.1. The lowest BCUT2D eigenvalue weighted by Crippen LogP contribution is -2.10. The van der Waals surface area contributed by atoms with E-state index in [0.29, 0.717) is 0 Å². The quantitative estimate of drug-likeness (QED) is 0.136. The Labute approximate surface area is 375 Å². The van der Waals surface area contributed by atoms with E-state index in [0.717, 1.165) is 56.4 Å². The summed E-state index contributed by atoms with van der Waals surface area (Å²) in [5, 5.41) is 4.87. The average Bonchev–Trinajstić information content (AvgIpc) is 3.37. The first-order chi connectivity index (χ1) is 31.7. The first kappa shape index (κ1) is 38.5. The topological polar surface area (TPSA) is 6.48 Å². The highest BCUT2D eigenvalue weighted by Crippen LogP contribution is 2.42. The molecule has 11 aromatic carbocycles. The van der Waals surface area contributed by atoms with E-state index in [1.54, 1.807) is 0 Å². The van der Waals surface area contributed by atoms with Gasteiger partial charge in [0.1, 0.15) is 0 Å². The van der Waals surface area contributed by atoms with Crippen LogP contribution in [0.1, 0.15) is 0 Å². The molecule has 0 aliphatic carbocycles. The summed E-state index contributed by atoms with van der Waals surface area (Å²) in [6.07, 6.45) is 0. The summed E-state index contributed by atoms with van der Waals surface area (Å²) < 4.78 is 0. The van der Waals surface area contributed by atoms with Gasteiger partial charge in [-0.15, -0.1) is 0 Å². The fourth-order valence-electron chi connectivity index (χ4n) is 8.94. The Morgan fingerprint density at radius 1 is 0.156 bits per heavy atom. The Hall–Kier alpha value is -8.46. The molecule has 0 N–H and O–H groups in total. The molecule has 0 aromatic heterocycles. The fourth-order valence-corrected chi connectivity index (χ4v) is 8.94. The molecule has 0 bridgehead atoms. The SMILES string of the molecule is c1ccc(-c2cccc(N(c3cccc(-c4ccc(-c5cccc(N(c6cccc(-c7ccccc7)c6)c6ccc7ccccc7c6)c5)cc4)c3)c3ccc4ccccc4c3)c2)cc1.